The minimum Gasteiger partial charge on any atom is -0.497 e. The number of nitrogens with one attached hydrogen (secondary N) is 2. The number of nitrogens with two attached hydrogens (primary N) is 1. The quantitative estimate of drug-likeness (QED) is 0.540. The maximum Gasteiger partial charge on any atom is 0.289 e. The van der Waals surface area contributed by atoms with Gasteiger partial charge < -0.3 is 21.1 Å². The minimum atomic E-state index is -0.883. The molecule has 0 saturated carbocycles. The molecule has 0 aliphatic rings. The zero-order chi connectivity index (χ0) is 19.7. The third-order valence-electron chi connectivity index (χ3n) is 3.91. The Bertz CT molecular complexity index is 631. The van der Waals surface area contributed by atoms with E-state index in [9.17, 15) is 14.4 Å². The number of amides is 2. The lowest BCUT2D eigenvalue weighted by Gasteiger charge is -2.19. The standard InChI is InChI=1S/C19H29N3O4/c1-5-16(22-18(24)15(20)9-12(2)3)17(23)19(25)21-11-13-7-6-8-14(10-13)26-4/h6-8,10,12,15-16H,5,9,11,20H2,1-4H3,(H,21,25)(H,22,24)/t15-,16?/m0/s1. The number of ether oxygens (including phenoxy) is 1. The predicted molar refractivity (Wildman–Crippen MR) is 99.5 cm³/mol. The van der Waals surface area contributed by atoms with Crippen LogP contribution in [-0.2, 0) is 20.9 Å². The van der Waals surface area contributed by atoms with Gasteiger partial charge in [0.1, 0.15) is 5.75 Å². The van der Waals surface area contributed by atoms with E-state index in [0.29, 0.717) is 18.6 Å². The van der Waals surface area contributed by atoms with Crippen LogP contribution in [0.3, 0.4) is 0 Å². The summed E-state index contributed by atoms with van der Waals surface area (Å²) in [6.07, 6.45) is 0.823. The maximum atomic E-state index is 12.3. The van der Waals surface area contributed by atoms with Gasteiger partial charge in [-0.1, -0.05) is 32.9 Å². The zero-order valence-electron chi connectivity index (χ0n) is 15.9. The molecule has 0 aliphatic carbocycles. The number of rotatable bonds is 10. The Morgan fingerprint density at radius 2 is 1.92 bits per heavy atom. The number of Topliss-reactive ketones (excluding diaryl/α,β-unsaturated/α-hetero) is 1. The number of carbonyl (C=O) groups excluding carboxylic acids is 3. The molecule has 0 fully saturated rings. The van der Waals surface area contributed by atoms with Crippen LogP contribution in [0.25, 0.3) is 0 Å². The van der Waals surface area contributed by atoms with Crippen molar-refractivity contribution in [3.63, 3.8) is 0 Å². The summed E-state index contributed by atoms with van der Waals surface area (Å²) < 4.78 is 5.12. The van der Waals surface area contributed by atoms with Gasteiger partial charge in [0.2, 0.25) is 11.7 Å². The first-order valence-electron chi connectivity index (χ1n) is 8.79. The summed E-state index contributed by atoms with van der Waals surface area (Å²) in [7, 11) is 1.56. The Morgan fingerprint density at radius 1 is 1.23 bits per heavy atom. The van der Waals surface area contributed by atoms with E-state index in [1.165, 1.54) is 0 Å². The summed E-state index contributed by atoms with van der Waals surface area (Å²) in [6.45, 7) is 5.84. The number of hydrogen-bond donors (Lipinski definition) is 3. The second kappa shape index (κ2) is 10.6. The van der Waals surface area contributed by atoms with Crippen molar-refractivity contribution in [2.24, 2.45) is 11.7 Å². The molecule has 0 aromatic heterocycles. The van der Waals surface area contributed by atoms with Gasteiger partial charge in [0, 0.05) is 6.54 Å². The van der Waals surface area contributed by atoms with Gasteiger partial charge in [0.05, 0.1) is 19.2 Å². The van der Waals surface area contributed by atoms with E-state index >= 15 is 0 Å². The fourth-order valence-corrected chi connectivity index (χ4v) is 2.46. The van der Waals surface area contributed by atoms with Gasteiger partial charge >= 0.3 is 0 Å². The van der Waals surface area contributed by atoms with Gasteiger partial charge in [0.15, 0.2) is 0 Å². The summed E-state index contributed by atoms with van der Waals surface area (Å²) >= 11 is 0. The van der Waals surface area contributed by atoms with Crippen LogP contribution in [0.2, 0.25) is 0 Å². The van der Waals surface area contributed by atoms with Crippen LogP contribution in [0.5, 0.6) is 5.75 Å². The van der Waals surface area contributed by atoms with Gasteiger partial charge in [-0.05, 0) is 36.5 Å². The van der Waals surface area contributed by atoms with Gasteiger partial charge in [-0.2, -0.15) is 0 Å². The fourth-order valence-electron chi connectivity index (χ4n) is 2.46. The minimum absolute atomic E-state index is 0.193. The van der Waals surface area contributed by atoms with Crippen LogP contribution in [0.4, 0.5) is 0 Å². The van der Waals surface area contributed by atoms with Crippen molar-refractivity contribution in [3.8, 4) is 5.75 Å². The van der Waals surface area contributed by atoms with E-state index in [-0.39, 0.29) is 12.5 Å². The second-order valence-corrected chi connectivity index (χ2v) is 6.60. The summed E-state index contributed by atoms with van der Waals surface area (Å²) in [4.78, 5) is 36.5. The first kappa shape index (κ1) is 21.6. The molecule has 144 valence electrons. The molecule has 2 amide bonds. The van der Waals surface area contributed by atoms with Crippen molar-refractivity contribution in [3.05, 3.63) is 29.8 Å². The van der Waals surface area contributed by atoms with Crippen molar-refractivity contribution in [1.29, 1.82) is 0 Å². The molecular formula is C19H29N3O4. The van der Waals surface area contributed by atoms with Gasteiger partial charge in [-0.15, -0.1) is 0 Å². The van der Waals surface area contributed by atoms with E-state index in [0.717, 1.165) is 5.56 Å². The molecule has 0 saturated heterocycles. The van der Waals surface area contributed by atoms with Crippen LogP contribution in [0, 0.1) is 5.92 Å². The first-order chi connectivity index (χ1) is 12.3. The highest BCUT2D eigenvalue weighted by Crippen LogP contribution is 2.12. The molecule has 2 atom stereocenters. The van der Waals surface area contributed by atoms with Crippen LogP contribution < -0.4 is 21.1 Å². The van der Waals surface area contributed by atoms with Gasteiger partial charge in [-0.25, -0.2) is 0 Å². The summed E-state index contributed by atoms with van der Waals surface area (Å²) in [5.41, 5.74) is 6.63. The third kappa shape index (κ3) is 6.84. The Hall–Kier alpha value is -2.41. The molecule has 4 N–H and O–H groups in total. The molecule has 1 rings (SSSR count). The molecular weight excluding hydrogens is 334 g/mol. The predicted octanol–water partition coefficient (Wildman–Crippen LogP) is 1.15. The van der Waals surface area contributed by atoms with Gasteiger partial charge in [-0.3, -0.25) is 14.4 Å². The second-order valence-electron chi connectivity index (χ2n) is 6.60. The van der Waals surface area contributed by atoms with Crippen LogP contribution >= 0.6 is 0 Å². The lowest BCUT2D eigenvalue weighted by atomic mass is 10.0. The fraction of sp³-hybridized carbons (Fsp3) is 0.526. The number of methoxy groups -OCH3 is 1. The normalized spacial score (nSPS) is 13.0. The van der Waals surface area contributed by atoms with Crippen LogP contribution in [0.15, 0.2) is 24.3 Å². The van der Waals surface area contributed by atoms with E-state index in [1.54, 1.807) is 32.2 Å². The Kier molecular flexibility index (Phi) is 8.78. The van der Waals surface area contributed by atoms with E-state index < -0.39 is 29.7 Å². The van der Waals surface area contributed by atoms with Gasteiger partial charge in [0.25, 0.3) is 5.91 Å². The highest BCUT2D eigenvalue weighted by Gasteiger charge is 2.27. The molecule has 1 aromatic carbocycles. The van der Waals surface area contributed by atoms with Crippen molar-refractivity contribution >= 4 is 17.6 Å². The molecule has 1 aromatic rings. The molecule has 0 spiro atoms. The average Bonchev–Trinajstić information content (AvgIpc) is 2.62. The molecule has 7 heteroatoms. The number of benzene rings is 1. The SMILES string of the molecule is CCC(NC(=O)[C@@H](N)CC(C)C)C(=O)C(=O)NCc1cccc(OC)c1. The van der Waals surface area contributed by atoms with Crippen molar-refractivity contribution in [2.75, 3.05) is 7.11 Å². The molecule has 0 bridgehead atoms. The first-order valence-corrected chi connectivity index (χ1v) is 8.79. The molecule has 1 unspecified atom stereocenters. The Balaban J connectivity index is 2.60. The average molecular weight is 363 g/mol. The van der Waals surface area contributed by atoms with E-state index in [4.69, 9.17) is 10.5 Å². The highest BCUT2D eigenvalue weighted by molar-refractivity contribution is 6.38. The lowest BCUT2D eigenvalue weighted by molar-refractivity contribution is -0.140. The summed E-state index contributed by atoms with van der Waals surface area (Å²) in [5.74, 6) is -0.906. The van der Waals surface area contributed by atoms with Crippen molar-refractivity contribution in [1.82, 2.24) is 10.6 Å². The maximum absolute atomic E-state index is 12.3. The molecule has 0 heterocycles. The van der Waals surface area contributed by atoms with Crippen LogP contribution in [0.1, 0.15) is 39.2 Å². The van der Waals surface area contributed by atoms with Crippen molar-refractivity contribution in [2.45, 2.75) is 52.2 Å². The van der Waals surface area contributed by atoms with E-state index in [2.05, 4.69) is 10.6 Å². The van der Waals surface area contributed by atoms with E-state index in [1.807, 2.05) is 19.9 Å². The molecule has 7 nitrogen and oxygen atoms in total. The monoisotopic (exact) mass is 363 g/mol. The zero-order valence-corrected chi connectivity index (χ0v) is 15.9. The molecule has 26 heavy (non-hydrogen) atoms. The number of carbonyl (C=O) groups is 3. The topological polar surface area (TPSA) is 111 Å². The largest absolute Gasteiger partial charge is 0.497 e. The molecule has 0 aliphatic heterocycles. The van der Waals surface area contributed by atoms with Crippen LogP contribution in [-0.4, -0.2) is 36.8 Å². The number of ketones is 1. The third-order valence-corrected chi connectivity index (χ3v) is 3.91. The summed E-state index contributed by atoms with van der Waals surface area (Å²) in [5, 5.41) is 5.15. The molecule has 0 radical (unpaired) electrons. The Labute approximate surface area is 154 Å². The van der Waals surface area contributed by atoms with Crippen molar-refractivity contribution < 1.29 is 19.1 Å². The Morgan fingerprint density at radius 3 is 2.50 bits per heavy atom. The highest BCUT2D eigenvalue weighted by atomic mass is 16.5. The lowest BCUT2D eigenvalue weighted by Crippen LogP contribution is -2.51. The number of hydrogen-bond acceptors (Lipinski definition) is 5. The summed E-state index contributed by atoms with van der Waals surface area (Å²) in [6, 6.07) is 5.60. The smallest absolute Gasteiger partial charge is 0.289 e.